The molecule has 1 aromatic carbocycles. The summed E-state index contributed by atoms with van der Waals surface area (Å²) < 4.78 is 0. The molecule has 3 N–H and O–H groups in total. The first-order chi connectivity index (χ1) is 14.2. The van der Waals surface area contributed by atoms with Gasteiger partial charge in [0.25, 0.3) is 0 Å². The number of rotatable bonds is 5. The second kappa shape index (κ2) is 7.40. The van der Waals surface area contributed by atoms with E-state index < -0.39 is 0 Å². The predicted octanol–water partition coefficient (Wildman–Crippen LogP) is 3.54. The number of aryl methyl sites for hydroxylation is 2. The number of pyridine rings is 1. The molecule has 1 atom stereocenters. The van der Waals surface area contributed by atoms with Gasteiger partial charge in [0.15, 0.2) is 5.82 Å². The Morgan fingerprint density at radius 2 is 1.83 bits per heavy atom. The highest BCUT2D eigenvalue weighted by molar-refractivity contribution is 5.95. The molecule has 0 bridgehead atoms. The number of nitrogens with two attached hydrogens (primary N) is 1. The van der Waals surface area contributed by atoms with Gasteiger partial charge in [0.05, 0.1) is 23.0 Å². The smallest absolute Gasteiger partial charge is 0.157 e. The molecule has 1 aliphatic heterocycles. The first-order valence-corrected chi connectivity index (χ1v) is 10.4. The molecular weight excluding hydrogens is 374 g/mol. The molecule has 158 valence electrons. The summed E-state index contributed by atoms with van der Waals surface area (Å²) in [5.74, 6) is 0.766. The minimum absolute atomic E-state index is 0.0443. The number of hydrogen-bond acceptors (Lipinski definition) is 7. The quantitative estimate of drug-likeness (QED) is 0.672. The number of hydrogen-bond donors (Lipinski definition) is 2. The summed E-state index contributed by atoms with van der Waals surface area (Å²) >= 11 is 0. The molecule has 30 heavy (non-hydrogen) atoms. The third-order valence-corrected chi connectivity index (χ3v) is 6.25. The van der Waals surface area contributed by atoms with Crippen LogP contribution < -0.4 is 16.0 Å². The topological polar surface area (TPSA) is 83.2 Å². The van der Waals surface area contributed by atoms with Gasteiger partial charge in [-0.15, -0.1) is 5.10 Å². The summed E-state index contributed by atoms with van der Waals surface area (Å²) in [6.45, 7) is 10.3. The lowest BCUT2D eigenvalue weighted by atomic mass is 9.90. The number of likely N-dealkylation sites (N-methyl/N-ethyl adjacent to an activating group) is 1. The molecule has 7 heteroatoms. The van der Waals surface area contributed by atoms with Crippen molar-refractivity contribution in [1.29, 1.82) is 0 Å². The third kappa shape index (κ3) is 3.65. The number of aromatic nitrogens is 3. The van der Waals surface area contributed by atoms with Gasteiger partial charge in [-0.3, -0.25) is 4.98 Å². The molecule has 0 unspecified atom stereocenters. The van der Waals surface area contributed by atoms with Crippen LogP contribution in [-0.4, -0.2) is 52.8 Å². The molecule has 2 aromatic heterocycles. The van der Waals surface area contributed by atoms with Crippen LogP contribution in [0.3, 0.4) is 0 Å². The minimum Gasteiger partial charge on any atom is -0.399 e. The van der Waals surface area contributed by atoms with Gasteiger partial charge < -0.3 is 20.9 Å². The van der Waals surface area contributed by atoms with Crippen molar-refractivity contribution in [1.82, 2.24) is 20.1 Å². The minimum atomic E-state index is -0.0443. The molecule has 0 spiro atoms. The van der Waals surface area contributed by atoms with E-state index in [9.17, 15) is 0 Å². The molecule has 0 amide bonds. The highest BCUT2D eigenvalue weighted by Crippen LogP contribution is 2.35. The molecule has 3 aromatic rings. The van der Waals surface area contributed by atoms with Crippen LogP contribution in [0.2, 0.25) is 0 Å². The zero-order valence-electron chi connectivity index (χ0n) is 18.7. The fourth-order valence-electron chi connectivity index (χ4n) is 4.04. The van der Waals surface area contributed by atoms with E-state index >= 15 is 0 Å². The first-order valence-electron chi connectivity index (χ1n) is 10.4. The summed E-state index contributed by atoms with van der Waals surface area (Å²) in [6.07, 6.45) is 0. The maximum Gasteiger partial charge on any atom is 0.157 e. The fraction of sp³-hybridized carbons (Fsp3) is 0.435. The van der Waals surface area contributed by atoms with Crippen LogP contribution in [-0.2, 0) is 0 Å². The maximum absolute atomic E-state index is 6.01. The molecule has 1 fully saturated rings. The monoisotopic (exact) mass is 405 g/mol. The van der Waals surface area contributed by atoms with Gasteiger partial charge in [0, 0.05) is 40.9 Å². The Labute approximate surface area is 178 Å². The standard InChI is InChI=1S/C23H31N7/c1-14-9-17(24)10-21(25-14)16(3)26-22-20-11-18(7-8-19(20)15(2)27-28-22)30-12-23(4,13-30)29(5)6/h7-11,16H,12-13H2,1-6H3,(H2,24,25)(H,26,28)/t16-/m1/s1. The average Bonchev–Trinajstić information content (AvgIpc) is 2.66. The normalized spacial score (nSPS) is 16.6. The Morgan fingerprint density at radius 3 is 2.50 bits per heavy atom. The number of fused-ring (bicyclic) bond motifs is 1. The van der Waals surface area contributed by atoms with Crippen LogP contribution in [0, 0.1) is 13.8 Å². The molecule has 0 saturated carbocycles. The Kier molecular flexibility index (Phi) is 5.02. The van der Waals surface area contributed by atoms with Crippen molar-refractivity contribution in [3.8, 4) is 0 Å². The zero-order valence-corrected chi connectivity index (χ0v) is 18.7. The van der Waals surface area contributed by atoms with Crippen molar-refractivity contribution in [3.63, 3.8) is 0 Å². The van der Waals surface area contributed by atoms with Crippen molar-refractivity contribution < 1.29 is 0 Å². The predicted molar refractivity (Wildman–Crippen MR) is 124 cm³/mol. The summed E-state index contributed by atoms with van der Waals surface area (Å²) in [5, 5.41) is 14.5. The molecule has 1 saturated heterocycles. The van der Waals surface area contributed by atoms with Crippen LogP contribution in [0.4, 0.5) is 17.2 Å². The van der Waals surface area contributed by atoms with Crippen LogP contribution in [0.5, 0.6) is 0 Å². The summed E-state index contributed by atoms with van der Waals surface area (Å²) in [4.78, 5) is 9.33. The number of nitrogens with one attached hydrogen (secondary N) is 1. The van der Waals surface area contributed by atoms with Crippen molar-refractivity contribution >= 4 is 28.0 Å². The molecule has 7 nitrogen and oxygen atoms in total. The Balaban J connectivity index is 1.65. The molecule has 0 aliphatic carbocycles. The lowest BCUT2D eigenvalue weighted by molar-refractivity contribution is 0.133. The van der Waals surface area contributed by atoms with E-state index in [2.05, 4.69) is 76.4 Å². The van der Waals surface area contributed by atoms with Gasteiger partial charge in [-0.25, -0.2) is 0 Å². The van der Waals surface area contributed by atoms with Gasteiger partial charge in [-0.1, -0.05) is 6.07 Å². The second-order valence-electron chi connectivity index (χ2n) is 8.94. The van der Waals surface area contributed by atoms with Crippen molar-refractivity contribution in [2.24, 2.45) is 0 Å². The number of benzene rings is 1. The van der Waals surface area contributed by atoms with E-state index in [-0.39, 0.29) is 11.6 Å². The van der Waals surface area contributed by atoms with Crippen molar-refractivity contribution in [2.75, 3.05) is 43.1 Å². The van der Waals surface area contributed by atoms with Crippen LogP contribution in [0.1, 0.15) is 37.0 Å². The highest BCUT2D eigenvalue weighted by atomic mass is 15.3. The van der Waals surface area contributed by atoms with Crippen LogP contribution in [0.15, 0.2) is 30.3 Å². The SMILES string of the molecule is Cc1cc(N)cc([C@@H](C)Nc2nnc(C)c3ccc(N4CC(C)(N(C)C)C4)cc23)n1. The second-order valence-corrected chi connectivity index (χ2v) is 8.94. The third-order valence-electron chi connectivity index (χ3n) is 6.25. The maximum atomic E-state index is 6.01. The fourth-order valence-corrected chi connectivity index (χ4v) is 4.04. The summed E-state index contributed by atoms with van der Waals surface area (Å²) in [6, 6.07) is 10.3. The number of nitrogens with zero attached hydrogens (tertiary/aromatic N) is 5. The lowest BCUT2D eigenvalue weighted by Crippen LogP contribution is -2.67. The lowest BCUT2D eigenvalue weighted by Gasteiger charge is -2.53. The molecule has 0 radical (unpaired) electrons. The molecule has 4 rings (SSSR count). The highest BCUT2D eigenvalue weighted by Gasteiger charge is 2.40. The van der Waals surface area contributed by atoms with Crippen molar-refractivity contribution in [3.05, 3.63) is 47.4 Å². The van der Waals surface area contributed by atoms with E-state index in [4.69, 9.17) is 5.73 Å². The molecular formula is C23H31N7. The van der Waals surface area contributed by atoms with E-state index in [1.807, 2.05) is 26.0 Å². The first kappa shape index (κ1) is 20.3. The van der Waals surface area contributed by atoms with E-state index in [1.54, 1.807) is 0 Å². The van der Waals surface area contributed by atoms with E-state index in [0.29, 0.717) is 0 Å². The Morgan fingerprint density at radius 1 is 1.10 bits per heavy atom. The summed E-state index contributed by atoms with van der Waals surface area (Å²) in [5.41, 5.74) is 10.9. The van der Waals surface area contributed by atoms with Crippen LogP contribution >= 0.6 is 0 Å². The largest absolute Gasteiger partial charge is 0.399 e. The molecule has 3 heterocycles. The summed E-state index contributed by atoms with van der Waals surface area (Å²) in [7, 11) is 4.29. The van der Waals surface area contributed by atoms with Crippen molar-refractivity contribution in [2.45, 2.75) is 39.3 Å². The van der Waals surface area contributed by atoms with Crippen LogP contribution in [0.25, 0.3) is 10.8 Å². The van der Waals surface area contributed by atoms with Gasteiger partial charge in [-0.05, 0) is 66.1 Å². The number of nitrogen functional groups attached to an aromatic ring is 1. The van der Waals surface area contributed by atoms with Gasteiger partial charge in [0.1, 0.15) is 0 Å². The zero-order chi connectivity index (χ0) is 21.6. The Hall–Kier alpha value is -2.93. The Bertz CT molecular complexity index is 1070. The van der Waals surface area contributed by atoms with Gasteiger partial charge in [0.2, 0.25) is 0 Å². The molecule has 1 aliphatic rings. The van der Waals surface area contributed by atoms with E-state index in [1.165, 1.54) is 5.69 Å². The average molecular weight is 406 g/mol. The van der Waals surface area contributed by atoms with Gasteiger partial charge in [-0.2, -0.15) is 5.10 Å². The number of anilines is 3. The van der Waals surface area contributed by atoms with E-state index in [0.717, 1.165) is 52.4 Å². The van der Waals surface area contributed by atoms with Gasteiger partial charge >= 0.3 is 0 Å².